The van der Waals surface area contributed by atoms with Crippen molar-refractivity contribution in [2.24, 2.45) is 11.5 Å². The molecule has 0 amide bonds. The summed E-state index contributed by atoms with van der Waals surface area (Å²) in [4.78, 5) is 1.81. The minimum Gasteiger partial charge on any atom is -0.472 e. The van der Waals surface area contributed by atoms with Crippen LogP contribution in [0.2, 0.25) is 0 Å². The summed E-state index contributed by atoms with van der Waals surface area (Å²) in [6.07, 6.45) is 7.70. The Morgan fingerprint density at radius 3 is 2.77 bits per heavy atom. The van der Waals surface area contributed by atoms with Crippen LogP contribution in [0, 0.1) is 0 Å². The molecule has 0 spiro atoms. The Morgan fingerprint density at radius 2 is 2.23 bits per heavy atom. The van der Waals surface area contributed by atoms with E-state index in [-0.39, 0.29) is 18.0 Å². The topological polar surface area (TPSA) is 85.8 Å². The summed E-state index contributed by atoms with van der Waals surface area (Å²) in [6.45, 7) is 9.82. The molecule has 6 nitrogen and oxygen atoms in total. The van der Waals surface area contributed by atoms with Crippen molar-refractivity contribution >= 4 is 0 Å². The van der Waals surface area contributed by atoms with Gasteiger partial charge in [0.2, 0.25) is 0 Å². The first-order valence-corrected chi connectivity index (χ1v) is 7.37. The van der Waals surface area contributed by atoms with Crippen LogP contribution in [0.3, 0.4) is 0 Å². The van der Waals surface area contributed by atoms with Crippen molar-refractivity contribution in [1.29, 1.82) is 0 Å². The zero-order valence-electron chi connectivity index (χ0n) is 13.7. The van der Waals surface area contributed by atoms with Crippen molar-refractivity contribution in [2.45, 2.75) is 26.0 Å². The Bertz CT molecular complexity index is 453. The molecular weight excluding hydrogens is 280 g/mol. The smallest absolute Gasteiger partial charge is 0.186 e. The number of ether oxygens (including phenoxy) is 2. The summed E-state index contributed by atoms with van der Waals surface area (Å²) >= 11 is 0. The lowest BCUT2D eigenvalue weighted by Crippen LogP contribution is -2.54. The van der Waals surface area contributed by atoms with Crippen LogP contribution in [0.1, 0.15) is 13.8 Å². The van der Waals surface area contributed by atoms with Gasteiger partial charge in [-0.3, -0.25) is 0 Å². The summed E-state index contributed by atoms with van der Waals surface area (Å²) in [5.41, 5.74) is 12.3. The fourth-order valence-electron chi connectivity index (χ4n) is 2.29. The molecule has 1 rings (SSSR count). The molecule has 0 aromatic rings. The second-order valence-corrected chi connectivity index (χ2v) is 5.14. The van der Waals surface area contributed by atoms with Crippen molar-refractivity contribution < 1.29 is 9.47 Å². The summed E-state index contributed by atoms with van der Waals surface area (Å²) < 4.78 is 11.1. The van der Waals surface area contributed by atoms with Crippen LogP contribution >= 0.6 is 0 Å². The molecule has 6 heteroatoms. The largest absolute Gasteiger partial charge is 0.472 e. The van der Waals surface area contributed by atoms with Crippen LogP contribution in [0.15, 0.2) is 48.3 Å². The summed E-state index contributed by atoms with van der Waals surface area (Å²) in [7, 11) is 1.66. The predicted molar refractivity (Wildman–Crippen MR) is 89.4 cm³/mol. The maximum absolute atomic E-state index is 5.83. The van der Waals surface area contributed by atoms with Gasteiger partial charge in [0.1, 0.15) is 11.9 Å². The third-order valence-electron chi connectivity index (χ3n) is 3.41. The van der Waals surface area contributed by atoms with Crippen LogP contribution in [0.4, 0.5) is 0 Å². The molecule has 1 saturated heterocycles. The number of methoxy groups -OCH3 is 1. The summed E-state index contributed by atoms with van der Waals surface area (Å²) in [5, 5.41) is 3.50. The molecule has 0 aromatic carbocycles. The van der Waals surface area contributed by atoms with Gasteiger partial charge in [0.25, 0.3) is 0 Å². The first-order chi connectivity index (χ1) is 10.5. The van der Waals surface area contributed by atoms with E-state index < -0.39 is 0 Å². The molecule has 1 aliphatic heterocycles. The van der Waals surface area contributed by atoms with Crippen molar-refractivity contribution in [1.82, 2.24) is 10.2 Å². The molecule has 124 valence electrons. The minimum absolute atomic E-state index is 0.0706. The highest BCUT2D eigenvalue weighted by Gasteiger charge is 2.31. The van der Waals surface area contributed by atoms with E-state index >= 15 is 0 Å². The second-order valence-electron chi connectivity index (χ2n) is 5.14. The van der Waals surface area contributed by atoms with Gasteiger partial charge in [-0.2, -0.15) is 0 Å². The fraction of sp³-hybridized carbons (Fsp3) is 0.500. The van der Waals surface area contributed by atoms with E-state index in [0.717, 1.165) is 6.54 Å². The summed E-state index contributed by atoms with van der Waals surface area (Å²) in [6, 6.07) is 0.0706. The lowest BCUT2D eigenvalue weighted by Gasteiger charge is -2.39. The third-order valence-corrected chi connectivity index (χ3v) is 3.41. The predicted octanol–water partition coefficient (Wildman–Crippen LogP) is 1.00. The van der Waals surface area contributed by atoms with Gasteiger partial charge >= 0.3 is 0 Å². The summed E-state index contributed by atoms with van der Waals surface area (Å²) in [5.74, 6) is 0.741. The highest BCUT2D eigenvalue weighted by molar-refractivity contribution is 5.19. The van der Waals surface area contributed by atoms with Crippen molar-refractivity contribution in [3.8, 4) is 0 Å². The lowest BCUT2D eigenvalue weighted by atomic mass is 10.1. The zero-order valence-corrected chi connectivity index (χ0v) is 13.7. The number of nitrogens with zero attached hydrogens (tertiary/aromatic N) is 1. The Balaban J connectivity index is 2.76. The van der Waals surface area contributed by atoms with Crippen molar-refractivity contribution in [2.75, 3.05) is 26.8 Å². The van der Waals surface area contributed by atoms with Gasteiger partial charge in [0, 0.05) is 26.4 Å². The highest BCUT2D eigenvalue weighted by atomic mass is 16.5. The normalized spacial score (nSPS) is 22.8. The Morgan fingerprint density at radius 1 is 1.50 bits per heavy atom. The van der Waals surface area contributed by atoms with Gasteiger partial charge in [0.15, 0.2) is 5.88 Å². The molecule has 5 N–H and O–H groups in total. The molecule has 1 unspecified atom stereocenters. The Kier molecular flexibility index (Phi) is 7.56. The van der Waals surface area contributed by atoms with Crippen molar-refractivity contribution in [3.05, 3.63) is 48.3 Å². The number of hydrogen-bond donors (Lipinski definition) is 3. The number of hydrogen-bond acceptors (Lipinski definition) is 6. The standard InChI is InChI=1S/C16H28N4O2/c1-5-7-13(6-2)8-19-14-9-20(10-16(17)18)12(3)22-15(14)11-21-4/h5-7,10,14-15,19H,3,8-9,11,17-18H2,1-2,4H3/b7-5-,13-6+/t14?,15-/m1/s1. The van der Waals surface area contributed by atoms with E-state index in [4.69, 9.17) is 20.9 Å². The van der Waals surface area contributed by atoms with E-state index in [0.29, 0.717) is 19.0 Å². The molecule has 22 heavy (non-hydrogen) atoms. The molecule has 0 bridgehead atoms. The highest BCUT2D eigenvalue weighted by Crippen LogP contribution is 2.19. The molecule has 0 aromatic heterocycles. The van der Waals surface area contributed by atoms with E-state index in [1.54, 1.807) is 13.3 Å². The van der Waals surface area contributed by atoms with Crippen LogP contribution in [-0.2, 0) is 9.47 Å². The van der Waals surface area contributed by atoms with E-state index in [9.17, 15) is 0 Å². The molecular formula is C16H28N4O2. The van der Waals surface area contributed by atoms with Crippen LogP contribution in [0.5, 0.6) is 0 Å². The molecule has 1 fully saturated rings. The van der Waals surface area contributed by atoms with Gasteiger partial charge in [0.05, 0.1) is 12.6 Å². The Labute approximate surface area is 133 Å². The van der Waals surface area contributed by atoms with Gasteiger partial charge < -0.3 is 31.2 Å². The van der Waals surface area contributed by atoms with E-state index in [2.05, 4.69) is 24.0 Å². The number of rotatable bonds is 7. The number of nitrogens with two attached hydrogens (primary N) is 2. The fourth-order valence-corrected chi connectivity index (χ4v) is 2.29. The van der Waals surface area contributed by atoms with Gasteiger partial charge in [-0.15, -0.1) is 0 Å². The maximum atomic E-state index is 5.83. The Hall–Kier alpha value is -1.92. The monoisotopic (exact) mass is 308 g/mol. The van der Waals surface area contributed by atoms with Gasteiger partial charge in [-0.1, -0.05) is 18.2 Å². The van der Waals surface area contributed by atoms with Crippen LogP contribution in [0.25, 0.3) is 0 Å². The van der Waals surface area contributed by atoms with E-state index in [1.165, 1.54) is 5.57 Å². The molecule has 1 heterocycles. The molecule has 0 radical (unpaired) electrons. The zero-order chi connectivity index (χ0) is 16.5. The number of allylic oxidation sites excluding steroid dienone is 2. The third kappa shape index (κ3) is 5.46. The number of nitrogens with one attached hydrogen (secondary N) is 1. The SMILES string of the molecule is C=C1O[C@H](COC)C(NCC(/C=C\C)=C/C)CN1C=C(N)N. The second kappa shape index (κ2) is 9.17. The quantitative estimate of drug-likeness (QED) is 0.608. The molecule has 2 atom stereocenters. The first kappa shape index (κ1) is 18.1. The average Bonchev–Trinajstić information content (AvgIpc) is 2.47. The minimum atomic E-state index is -0.107. The van der Waals surface area contributed by atoms with Gasteiger partial charge in [-0.05, 0) is 26.0 Å². The van der Waals surface area contributed by atoms with Crippen LogP contribution in [-0.4, -0.2) is 43.9 Å². The molecule has 1 aliphatic rings. The first-order valence-electron chi connectivity index (χ1n) is 7.37. The van der Waals surface area contributed by atoms with E-state index in [1.807, 2.05) is 24.8 Å². The molecule has 0 aliphatic carbocycles. The van der Waals surface area contributed by atoms with Crippen molar-refractivity contribution in [3.63, 3.8) is 0 Å². The van der Waals surface area contributed by atoms with Crippen LogP contribution < -0.4 is 16.8 Å². The average molecular weight is 308 g/mol. The molecule has 0 saturated carbocycles. The maximum Gasteiger partial charge on any atom is 0.186 e. The van der Waals surface area contributed by atoms with Gasteiger partial charge in [-0.25, -0.2) is 0 Å². The lowest BCUT2D eigenvalue weighted by molar-refractivity contribution is -0.0440.